The zero-order valence-corrected chi connectivity index (χ0v) is 13.3. The highest BCUT2D eigenvalue weighted by atomic mass is 79.9. The highest BCUT2D eigenvalue weighted by Crippen LogP contribution is 2.36. The van der Waals surface area contributed by atoms with E-state index in [4.69, 9.17) is 23.2 Å². The van der Waals surface area contributed by atoms with Crippen molar-refractivity contribution in [1.82, 2.24) is 0 Å². The summed E-state index contributed by atoms with van der Waals surface area (Å²) in [5.74, 6) is 0. The first-order valence-electron chi connectivity index (χ1n) is 5.64. The van der Waals surface area contributed by atoms with Crippen molar-refractivity contribution in [2.45, 2.75) is 18.7 Å². The Morgan fingerprint density at radius 2 is 1.56 bits per heavy atom. The van der Waals surface area contributed by atoms with Crippen molar-refractivity contribution in [3.63, 3.8) is 0 Å². The fourth-order valence-corrected chi connectivity index (χ4v) is 3.36. The second kappa shape index (κ2) is 5.64. The lowest BCUT2D eigenvalue weighted by atomic mass is 10.0. The van der Waals surface area contributed by atoms with Crippen LogP contribution in [-0.4, -0.2) is 0 Å². The minimum absolute atomic E-state index is 0.0841. The van der Waals surface area contributed by atoms with Gasteiger partial charge in [0.15, 0.2) is 0 Å². The van der Waals surface area contributed by atoms with E-state index in [1.54, 1.807) is 6.07 Å². The molecule has 2 rings (SSSR count). The van der Waals surface area contributed by atoms with Gasteiger partial charge in [0, 0.05) is 10.0 Å². The number of alkyl halides is 1. The van der Waals surface area contributed by atoms with Crippen LogP contribution >= 0.6 is 39.1 Å². The maximum atomic E-state index is 6.24. The second-order valence-electron chi connectivity index (χ2n) is 4.45. The molecule has 0 bridgehead atoms. The quantitative estimate of drug-likeness (QED) is 0.578. The molecule has 0 saturated heterocycles. The zero-order chi connectivity index (χ0) is 13.3. The first-order chi connectivity index (χ1) is 8.47. The first-order valence-corrected chi connectivity index (χ1v) is 7.32. The van der Waals surface area contributed by atoms with E-state index in [1.807, 2.05) is 12.1 Å². The molecule has 0 radical (unpaired) electrons. The number of benzene rings is 2. The summed E-state index contributed by atoms with van der Waals surface area (Å²) >= 11 is 15.9. The number of aryl methyl sites for hydroxylation is 2. The summed E-state index contributed by atoms with van der Waals surface area (Å²) in [6.07, 6.45) is 0. The zero-order valence-electron chi connectivity index (χ0n) is 10.2. The van der Waals surface area contributed by atoms with Crippen LogP contribution in [0.3, 0.4) is 0 Å². The van der Waals surface area contributed by atoms with Gasteiger partial charge in [-0.25, -0.2) is 0 Å². The normalized spacial score (nSPS) is 12.5. The number of halogens is 3. The van der Waals surface area contributed by atoms with Crippen LogP contribution in [0.5, 0.6) is 0 Å². The molecule has 2 aromatic carbocycles. The molecule has 0 spiro atoms. The maximum absolute atomic E-state index is 6.24. The maximum Gasteiger partial charge on any atom is 0.0659 e. The average Bonchev–Trinajstić information content (AvgIpc) is 2.26. The van der Waals surface area contributed by atoms with E-state index < -0.39 is 0 Å². The molecular weight excluding hydrogens is 331 g/mol. The Hall–Kier alpha value is -0.500. The molecule has 0 aliphatic carbocycles. The summed E-state index contributed by atoms with van der Waals surface area (Å²) in [6, 6.07) is 12.1. The Labute approximate surface area is 126 Å². The summed E-state index contributed by atoms with van der Waals surface area (Å²) in [5.41, 5.74) is 4.74. The fraction of sp³-hybridized carbons (Fsp3) is 0.200. The van der Waals surface area contributed by atoms with E-state index >= 15 is 0 Å². The predicted molar refractivity (Wildman–Crippen MR) is 83.1 cm³/mol. The van der Waals surface area contributed by atoms with Crippen LogP contribution in [-0.2, 0) is 0 Å². The average molecular weight is 344 g/mol. The van der Waals surface area contributed by atoms with Gasteiger partial charge in [0.1, 0.15) is 0 Å². The molecule has 1 unspecified atom stereocenters. The molecule has 1 atom stereocenters. The van der Waals surface area contributed by atoms with Gasteiger partial charge in [-0.2, -0.15) is 0 Å². The van der Waals surface area contributed by atoms with Crippen molar-refractivity contribution < 1.29 is 0 Å². The van der Waals surface area contributed by atoms with Gasteiger partial charge in [-0.1, -0.05) is 74.5 Å². The number of hydrogen-bond acceptors (Lipinski definition) is 0. The molecule has 18 heavy (non-hydrogen) atoms. The standard InChI is InChI=1S/C15H13BrCl2/c1-9-5-10(2)7-11(6-9)15(16)13-4-3-12(17)8-14(13)18/h3-8,15H,1-2H3. The van der Waals surface area contributed by atoms with Crippen molar-refractivity contribution in [2.75, 3.05) is 0 Å². The van der Waals surface area contributed by atoms with Gasteiger partial charge in [-0.05, 0) is 37.1 Å². The van der Waals surface area contributed by atoms with Gasteiger partial charge in [0.25, 0.3) is 0 Å². The van der Waals surface area contributed by atoms with E-state index in [2.05, 4.69) is 48.0 Å². The third-order valence-corrected chi connectivity index (χ3v) is 4.36. The summed E-state index contributed by atoms with van der Waals surface area (Å²) in [5, 5.41) is 1.34. The van der Waals surface area contributed by atoms with E-state index in [0.29, 0.717) is 10.0 Å². The number of hydrogen-bond donors (Lipinski definition) is 0. The van der Waals surface area contributed by atoms with Crippen LogP contribution < -0.4 is 0 Å². The molecule has 0 fully saturated rings. The highest BCUT2D eigenvalue weighted by Gasteiger charge is 2.14. The van der Waals surface area contributed by atoms with Crippen molar-refractivity contribution in [1.29, 1.82) is 0 Å². The molecular formula is C15H13BrCl2. The lowest BCUT2D eigenvalue weighted by Gasteiger charge is -2.14. The first kappa shape index (κ1) is 13.9. The molecule has 94 valence electrons. The van der Waals surface area contributed by atoms with Crippen LogP contribution in [0.25, 0.3) is 0 Å². The fourth-order valence-electron chi connectivity index (χ4n) is 2.04. The molecule has 0 aliphatic rings. The summed E-state index contributed by atoms with van der Waals surface area (Å²) < 4.78 is 0. The molecule has 0 saturated carbocycles. The predicted octanol–water partition coefficient (Wildman–Crippen LogP) is 6.09. The molecule has 0 amide bonds. The molecule has 0 aliphatic heterocycles. The van der Waals surface area contributed by atoms with Gasteiger partial charge >= 0.3 is 0 Å². The van der Waals surface area contributed by atoms with Crippen molar-refractivity contribution in [3.05, 3.63) is 68.7 Å². The Morgan fingerprint density at radius 3 is 2.11 bits per heavy atom. The highest BCUT2D eigenvalue weighted by molar-refractivity contribution is 9.09. The van der Waals surface area contributed by atoms with Gasteiger partial charge < -0.3 is 0 Å². The largest absolute Gasteiger partial charge is 0.0843 e. The van der Waals surface area contributed by atoms with Gasteiger partial charge in [-0.15, -0.1) is 0 Å². The van der Waals surface area contributed by atoms with Crippen LogP contribution in [0.4, 0.5) is 0 Å². The van der Waals surface area contributed by atoms with Crippen molar-refractivity contribution >= 4 is 39.1 Å². The van der Waals surface area contributed by atoms with Crippen LogP contribution in [0.15, 0.2) is 36.4 Å². The molecule has 0 nitrogen and oxygen atoms in total. The Balaban J connectivity index is 2.44. The number of rotatable bonds is 2. The smallest absolute Gasteiger partial charge is 0.0659 e. The third-order valence-electron chi connectivity index (χ3n) is 2.77. The van der Waals surface area contributed by atoms with Crippen LogP contribution in [0.2, 0.25) is 10.0 Å². The van der Waals surface area contributed by atoms with E-state index in [0.717, 1.165) is 5.56 Å². The summed E-state index contributed by atoms with van der Waals surface area (Å²) in [7, 11) is 0. The van der Waals surface area contributed by atoms with E-state index in [-0.39, 0.29) is 4.83 Å². The third kappa shape index (κ3) is 3.09. The molecule has 0 aromatic heterocycles. The lowest BCUT2D eigenvalue weighted by molar-refractivity contribution is 1.16. The van der Waals surface area contributed by atoms with Crippen molar-refractivity contribution in [2.24, 2.45) is 0 Å². The molecule has 2 aromatic rings. The van der Waals surface area contributed by atoms with E-state index in [9.17, 15) is 0 Å². The summed E-state index contributed by atoms with van der Waals surface area (Å²) in [6.45, 7) is 4.19. The molecule has 0 heterocycles. The van der Waals surface area contributed by atoms with Crippen LogP contribution in [0.1, 0.15) is 27.1 Å². The van der Waals surface area contributed by atoms with Crippen LogP contribution in [0, 0.1) is 13.8 Å². The van der Waals surface area contributed by atoms with Gasteiger partial charge in [0.2, 0.25) is 0 Å². The minimum Gasteiger partial charge on any atom is -0.0843 e. The van der Waals surface area contributed by atoms with E-state index in [1.165, 1.54) is 16.7 Å². The monoisotopic (exact) mass is 342 g/mol. The van der Waals surface area contributed by atoms with Crippen molar-refractivity contribution in [3.8, 4) is 0 Å². The minimum atomic E-state index is 0.0841. The second-order valence-corrected chi connectivity index (χ2v) is 6.21. The SMILES string of the molecule is Cc1cc(C)cc(C(Br)c2ccc(Cl)cc2Cl)c1. The Bertz CT molecular complexity index is 558. The molecule has 0 N–H and O–H groups in total. The Morgan fingerprint density at radius 1 is 0.944 bits per heavy atom. The molecule has 3 heteroatoms. The summed E-state index contributed by atoms with van der Waals surface area (Å²) in [4.78, 5) is 0.0841. The Kier molecular flexibility index (Phi) is 4.37. The van der Waals surface area contributed by atoms with Gasteiger partial charge in [0.05, 0.1) is 4.83 Å². The van der Waals surface area contributed by atoms with Gasteiger partial charge in [-0.3, -0.25) is 0 Å². The topological polar surface area (TPSA) is 0 Å². The lowest BCUT2D eigenvalue weighted by Crippen LogP contribution is -1.95.